The van der Waals surface area contributed by atoms with E-state index in [1.54, 1.807) is 36.7 Å². The zero-order valence-electron chi connectivity index (χ0n) is 17.4. The summed E-state index contributed by atoms with van der Waals surface area (Å²) in [5, 5.41) is 11.3. The first-order valence-corrected chi connectivity index (χ1v) is 8.59. The normalized spacial score (nSPS) is 19.1. The van der Waals surface area contributed by atoms with Crippen molar-refractivity contribution in [2.24, 2.45) is 5.90 Å². The molecular weight excluding hydrogens is 461 g/mol. The zero-order valence-corrected chi connectivity index (χ0v) is 18.2. The first-order valence-electron chi connectivity index (χ1n) is 9.59. The Morgan fingerprint density at radius 3 is 2.73 bits per heavy atom. The molecule has 0 aliphatic carbocycles. The van der Waals surface area contributed by atoms with Crippen LogP contribution in [0.5, 0.6) is 0 Å². The Labute approximate surface area is 199 Å². The molecule has 0 amide bonds. The molecule has 1 radical (unpaired) electrons. The summed E-state index contributed by atoms with van der Waals surface area (Å²) < 4.78 is 20.5. The largest absolute Gasteiger partial charge is 0.415 e. The minimum atomic E-state index is -1.30. The Bertz CT molecular complexity index is 1330. The molecule has 3 aromatic rings. The van der Waals surface area contributed by atoms with Gasteiger partial charge in [0.15, 0.2) is 12.4 Å². The van der Waals surface area contributed by atoms with Crippen molar-refractivity contribution in [1.29, 1.82) is 0 Å². The molecule has 1 unspecified atom stereocenters. The summed E-state index contributed by atoms with van der Waals surface area (Å²) in [6, 6.07) is 14.2. The summed E-state index contributed by atoms with van der Waals surface area (Å²) in [7, 11) is 0. The summed E-state index contributed by atoms with van der Waals surface area (Å²) in [5.74, 6) is 4.69. The van der Waals surface area contributed by atoms with Crippen molar-refractivity contribution < 1.29 is 59.4 Å². The molecule has 0 saturated carbocycles. The van der Waals surface area contributed by atoms with Crippen molar-refractivity contribution in [3.05, 3.63) is 118 Å². The van der Waals surface area contributed by atoms with Crippen LogP contribution in [0.4, 0.5) is 0 Å². The van der Waals surface area contributed by atoms with Crippen LogP contribution < -0.4 is 15.0 Å². The van der Waals surface area contributed by atoms with Crippen molar-refractivity contribution in [2.75, 3.05) is 0 Å². The molecule has 5 rings (SSSR count). The molecule has 9 heteroatoms. The SMILES string of the molecule is [3H]c1cc([3H])c2c(c1)-c1cccc[n+]1C21C(C(=[C-][N+](=O)[O-])OON)=[C-]c2cccc[n+]21.[Y]. The Balaban J connectivity index is 0.00000245. The molecule has 1 aromatic carbocycles. The number of rotatable bonds is 4. The molecule has 4 heterocycles. The van der Waals surface area contributed by atoms with E-state index in [2.05, 4.69) is 11.1 Å². The molecule has 0 fully saturated rings. The molecule has 8 nitrogen and oxygen atoms in total. The number of benzene rings is 1. The van der Waals surface area contributed by atoms with E-state index in [-0.39, 0.29) is 56.1 Å². The predicted molar refractivity (Wildman–Crippen MR) is 97.1 cm³/mol. The Morgan fingerprint density at radius 1 is 1.20 bits per heavy atom. The fraction of sp³-hybridized carbons (Fsp3) is 0.0476. The predicted octanol–water partition coefficient (Wildman–Crippen LogP) is 1.32. The molecule has 2 aliphatic rings. The number of nitrogens with zero attached hydrogens (tertiary/aromatic N) is 3. The molecule has 2 aliphatic heterocycles. The standard InChI is InChI=1S/C21H14N4O4.Y/c22-29-28-20(14-25(26)27)18-13-15-7-3-5-11-23(15)21(18)17-9-2-1-8-16(17)19-10-4-6-12-24(19)21;/h1-12H,22H2;/i1T,9T;. The first-order chi connectivity index (χ1) is 15.0. The van der Waals surface area contributed by atoms with Gasteiger partial charge in [-0.2, -0.15) is 16.5 Å². The number of hydrogen-bond donors (Lipinski definition) is 1. The van der Waals surface area contributed by atoms with Crippen LogP contribution in [0.25, 0.3) is 11.3 Å². The summed E-state index contributed by atoms with van der Waals surface area (Å²) in [4.78, 5) is 19.8. The minimum absolute atomic E-state index is 0. The van der Waals surface area contributed by atoms with Crippen molar-refractivity contribution in [3.63, 3.8) is 0 Å². The second kappa shape index (κ2) is 7.81. The molecule has 0 saturated heterocycles. The van der Waals surface area contributed by atoms with Crippen molar-refractivity contribution >= 4 is 0 Å². The average Bonchev–Trinajstić information content (AvgIpc) is 3.23. The molecule has 2 aromatic heterocycles. The van der Waals surface area contributed by atoms with Crippen LogP contribution in [0.2, 0.25) is 0 Å². The third-order valence-electron chi connectivity index (χ3n) is 4.99. The summed E-state index contributed by atoms with van der Waals surface area (Å²) >= 11 is 0. The molecule has 0 bridgehead atoms. The number of aromatic nitrogens is 2. The number of fused-ring (bicyclic) bond motifs is 7. The van der Waals surface area contributed by atoms with Crippen LogP contribution in [-0.2, 0) is 48.2 Å². The van der Waals surface area contributed by atoms with E-state index < -0.39 is 10.6 Å². The fourth-order valence-corrected chi connectivity index (χ4v) is 4.05. The third-order valence-corrected chi connectivity index (χ3v) is 4.99. The van der Waals surface area contributed by atoms with E-state index in [1.165, 1.54) is 6.07 Å². The minimum Gasteiger partial charge on any atom is -0.415 e. The van der Waals surface area contributed by atoms with E-state index in [4.69, 9.17) is 13.5 Å². The van der Waals surface area contributed by atoms with Crippen LogP contribution in [0.3, 0.4) is 0 Å². The second-order valence-corrected chi connectivity index (χ2v) is 6.35. The molecule has 145 valence electrons. The third kappa shape index (κ3) is 2.76. The van der Waals surface area contributed by atoms with Crippen LogP contribution in [-0.4, -0.2) is 4.92 Å². The van der Waals surface area contributed by atoms with Crippen LogP contribution in [0.1, 0.15) is 14.0 Å². The van der Waals surface area contributed by atoms with Crippen LogP contribution >= 0.6 is 0 Å². The Hall–Kier alpha value is -2.78. The number of allylic oxidation sites excluding steroid dienone is 1. The van der Waals surface area contributed by atoms with Gasteiger partial charge in [0.05, 0.1) is 19.6 Å². The topological polar surface area (TPSA) is 95.4 Å². The molecule has 30 heavy (non-hydrogen) atoms. The Kier molecular flexibility index (Phi) is 4.69. The summed E-state index contributed by atoms with van der Waals surface area (Å²) in [5.41, 5.74) is 1.35. The van der Waals surface area contributed by atoms with Gasteiger partial charge < -0.3 is 4.89 Å². The maximum absolute atomic E-state index is 11.3. The monoisotopic (exact) mass is 479 g/mol. The van der Waals surface area contributed by atoms with Gasteiger partial charge in [-0.3, -0.25) is 10.1 Å². The quantitative estimate of drug-likeness (QED) is 0.116. The van der Waals surface area contributed by atoms with Gasteiger partial charge in [0.25, 0.3) is 0 Å². The summed E-state index contributed by atoms with van der Waals surface area (Å²) in [6.07, 6.45) is 8.71. The molecule has 1 spiro atoms. The van der Waals surface area contributed by atoms with Crippen molar-refractivity contribution in [1.82, 2.24) is 0 Å². The van der Waals surface area contributed by atoms with E-state index in [1.807, 2.05) is 33.5 Å². The van der Waals surface area contributed by atoms with Gasteiger partial charge in [0.2, 0.25) is 5.69 Å². The van der Waals surface area contributed by atoms with Gasteiger partial charge in [0.1, 0.15) is 6.20 Å². The summed E-state index contributed by atoms with van der Waals surface area (Å²) in [6.45, 7) is 0. The average molecular weight is 479 g/mol. The first kappa shape index (κ1) is 18.0. The number of nitro groups is 1. The fourth-order valence-electron chi connectivity index (χ4n) is 4.05. The second-order valence-electron chi connectivity index (χ2n) is 6.35. The van der Waals surface area contributed by atoms with Gasteiger partial charge in [-0.25, -0.2) is 0 Å². The molecular formula is C21H14N4O4Y. The maximum Gasteiger partial charge on any atom is 0.336 e. The van der Waals surface area contributed by atoms with Gasteiger partial charge in [-0.1, -0.05) is 18.2 Å². The molecule has 2 N–H and O–H groups in total. The van der Waals surface area contributed by atoms with Gasteiger partial charge >= 0.3 is 5.66 Å². The van der Waals surface area contributed by atoms with Crippen molar-refractivity contribution in [3.8, 4) is 11.3 Å². The number of pyridine rings is 2. The van der Waals surface area contributed by atoms with E-state index >= 15 is 0 Å². The van der Waals surface area contributed by atoms with Crippen LogP contribution in [0, 0.1) is 22.4 Å². The smallest absolute Gasteiger partial charge is 0.336 e. The maximum atomic E-state index is 11.3. The number of hydrogen-bond acceptors (Lipinski definition) is 5. The Morgan fingerprint density at radius 2 is 1.97 bits per heavy atom. The molecule has 1 atom stereocenters. The van der Waals surface area contributed by atoms with Gasteiger partial charge in [0, 0.05) is 44.8 Å². The number of nitrogens with two attached hydrogens (primary N) is 1. The van der Waals surface area contributed by atoms with Gasteiger partial charge in [-0.15, -0.1) is 21.2 Å². The van der Waals surface area contributed by atoms with E-state index in [0.29, 0.717) is 16.8 Å². The van der Waals surface area contributed by atoms with E-state index in [9.17, 15) is 10.1 Å². The van der Waals surface area contributed by atoms with Crippen molar-refractivity contribution in [2.45, 2.75) is 5.66 Å². The van der Waals surface area contributed by atoms with Crippen LogP contribution in [0.15, 0.2) is 84.3 Å². The zero-order chi connectivity index (χ0) is 21.8. The van der Waals surface area contributed by atoms with E-state index in [0.717, 1.165) is 5.69 Å². The van der Waals surface area contributed by atoms with Gasteiger partial charge in [-0.05, 0) is 34.9 Å².